The SMILES string of the molecule is CCCC(C)(CO)NCc1cnc(-c2cccs2)s1. The molecule has 2 N–H and O–H groups in total. The van der Waals surface area contributed by atoms with E-state index in [2.05, 4.69) is 35.6 Å². The van der Waals surface area contributed by atoms with Crippen molar-refractivity contribution in [1.29, 1.82) is 0 Å². The van der Waals surface area contributed by atoms with Crippen molar-refractivity contribution in [3.63, 3.8) is 0 Å². The van der Waals surface area contributed by atoms with Crippen molar-refractivity contribution < 1.29 is 5.11 Å². The van der Waals surface area contributed by atoms with Crippen LogP contribution in [0.5, 0.6) is 0 Å². The highest BCUT2D eigenvalue weighted by atomic mass is 32.1. The zero-order valence-electron chi connectivity index (χ0n) is 11.3. The van der Waals surface area contributed by atoms with Crippen LogP contribution in [-0.4, -0.2) is 22.2 Å². The molecular weight excluding hydrogens is 276 g/mol. The van der Waals surface area contributed by atoms with Crippen molar-refractivity contribution in [3.8, 4) is 9.88 Å². The molecule has 0 aliphatic carbocycles. The maximum atomic E-state index is 9.48. The molecule has 0 aromatic carbocycles. The Morgan fingerprint density at radius 2 is 2.32 bits per heavy atom. The van der Waals surface area contributed by atoms with Gasteiger partial charge in [-0.1, -0.05) is 19.4 Å². The van der Waals surface area contributed by atoms with Crippen LogP contribution in [0.2, 0.25) is 0 Å². The number of aromatic nitrogens is 1. The molecule has 104 valence electrons. The normalized spacial score (nSPS) is 14.5. The molecule has 0 radical (unpaired) electrons. The molecule has 1 unspecified atom stereocenters. The number of thiophene rings is 1. The van der Waals surface area contributed by atoms with E-state index in [0.717, 1.165) is 24.4 Å². The first-order valence-electron chi connectivity index (χ1n) is 6.51. The third-order valence-electron chi connectivity index (χ3n) is 3.13. The maximum absolute atomic E-state index is 9.48. The molecule has 19 heavy (non-hydrogen) atoms. The summed E-state index contributed by atoms with van der Waals surface area (Å²) >= 11 is 3.43. The molecule has 1 atom stereocenters. The molecule has 0 fully saturated rings. The molecule has 0 saturated carbocycles. The lowest BCUT2D eigenvalue weighted by Gasteiger charge is -2.28. The topological polar surface area (TPSA) is 45.1 Å². The van der Waals surface area contributed by atoms with Crippen LogP contribution in [0.25, 0.3) is 9.88 Å². The molecule has 0 saturated heterocycles. The molecule has 0 bridgehead atoms. The Hall–Kier alpha value is -0.750. The van der Waals surface area contributed by atoms with E-state index in [-0.39, 0.29) is 12.1 Å². The van der Waals surface area contributed by atoms with E-state index in [9.17, 15) is 5.11 Å². The van der Waals surface area contributed by atoms with Crippen LogP contribution >= 0.6 is 22.7 Å². The zero-order chi connectivity index (χ0) is 13.7. The van der Waals surface area contributed by atoms with Crippen LogP contribution in [0.1, 0.15) is 31.6 Å². The van der Waals surface area contributed by atoms with Gasteiger partial charge in [0.15, 0.2) is 0 Å². The van der Waals surface area contributed by atoms with Gasteiger partial charge in [0.25, 0.3) is 0 Å². The van der Waals surface area contributed by atoms with Gasteiger partial charge in [-0.2, -0.15) is 0 Å². The lowest BCUT2D eigenvalue weighted by molar-refractivity contribution is 0.163. The molecule has 2 aromatic heterocycles. The van der Waals surface area contributed by atoms with Crippen molar-refractivity contribution in [3.05, 3.63) is 28.6 Å². The summed E-state index contributed by atoms with van der Waals surface area (Å²) in [5.74, 6) is 0. The van der Waals surface area contributed by atoms with E-state index < -0.39 is 0 Å². The van der Waals surface area contributed by atoms with Gasteiger partial charge in [0.05, 0.1) is 11.5 Å². The van der Waals surface area contributed by atoms with Crippen molar-refractivity contribution >= 4 is 22.7 Å². The average Bonchev–Trinajstić information content (AvgIpc) is 3.07. The summed E-state index contributed by atoms with van der Waals surface area (Å²) in [5, 5.41) is 16.1. The number of hydrogen-bond acceptors (Lipinski definition) is 5. The monoisotopic (exact) mass is 296 g/mol. The summed E-state index contributed by atoms with van der Waals surface area (Å²) < 4.78 is 0. The predicted molar refractivity (Wildman–Crippen MR) is 82.7 cm³/mol. The fourth-order valence-corrected chi connectivity index (χ4v) is 3.63. The highest BCUT2D eigenvalue weighted by molar-refractivity contribution is 7.20. The Balaban J connectivity index is 1.97. The fourth-order valence-electron chi connectivity index (χ4n) is 1.98. The second kappa shape index (κ2) is 6.61. The summed E-state index contributed by atoms with van der Waals surface area (Å²) in [7, 11) is 0. The van der Waals surface area contributed by atoms with Crippen LogP contribution < -0.4 is 5.32 Å². The van der Waals surface area contributed by atoms with Crippen molar-refractivity contribution in [2.24, 2.45) is 0 Å². The van der Waals surface area contributed by atoms with Gasteiger partial charge < -0.3 is 10.4 Å². The van der Waals surface area contributed by atoms with Crippen molar-refractivity contribution in [2.75, 3.05) is 6.61 Å². The van der Waals surface area contributed by atoms with Gasteiger partial charge >= 0.3 is 0 Å². The van der Waals surface area contributed by atoms with E-state index in [0.29, 0.717) is 0 Å². The van der Waals surface area contributed by atoms with E-state index in [1.807, 2.05) is 12.3 Å². The quantitative estimate of drug-likeness (QED) is 0.822. The van der Waals surface area contributed by atoms with E-state index >= 15 is 0 Å². The minimum Gasteiger partial charge on any atom is -0.394 e. The van der Waals surface area contributed by atoms with E-state index in [4.69, 9.17) is 0 Å². The van der Waals surface area contributed by atoms with Gasteiger partial charge in [-0.25, -0.2) is 4.98 Å². The van der Waals surface area contributed by atoms with Crippen LogP contribution in [-0.2, 0) is 6.54 Å². The minimum absolute atomic E-state index is 0.164. The third kappa shape index (κ3) is 3.86. The average molecular weight is 296 g/mol. The maximum Gasteiger partial charge on any atom is 0.133 e. The fraction of sp³-hybridized carbons (Fsp3) is 0.500. The molecule has 2 aromatic rings. The highest BCUT2D eigenvalue weighted by Gasteiger charge is 2.21. The molecule has 5 heteroatoms. The number of thiazole rings is 1. The number of nitrogens with zero attached hydrogens (tertiary/aromatic N) is 1. The summed E-state index contributed by atoms with van der Waals surface area (Å²) in [5.41, 5.74) is -0.193. The molecule has 2 heterocycles. The first-order valence-corrected chi connectivity index (χ1v) is 8.21. The third-order valence-corrected chi connectivity index (χ3v) is 5.16. The van der Waals surface area contributed by atoms with E-state index in [1.54, 1.807) is 22.7 Å². The first-order chi connectivity index (χ1) is 9.17. The van der Waals surface area contributed by atoms with E-state index in [1.165, 1.54) is 9.75 Å². The Morgan fingerprint density at radius 3 is 2.95 bits per heavy atom. The summed E-state index contributed by atoms with van der Waals surface area (Å²) in [6, 6.07) is 4.14. The number of nitrogens with one attached hydrogen (secondary N) is 1. The molecule has 0 aliphatic rings. The van der Waals surface area contributed by atoms with Gasteiger partial charge in [0.2, 0.25) is 0 Å². The largest absolute Gasteiger partial charge is 0.394 e. The van der Waals surface area contributed by atoms with Gasteiger partial charge in [-0.15, -0.1) is 22.7 Å². The van der Waals surface area contributed by atoms with Crippen molar-refractivity contribution in [1.82, 2.24) is 10.3 Å². The number of hydrogen-bond donors (Lipinski definition) is 2. The van der Waals surface area contributed by atoms with Gasteiger partial charge in [-0.05, 0) is 24.8 Å². The van der Waals surface area contributed by atoms with Crippen LogP contribution in [0.3, 0.4) is 0 Å². The van der Waals surface area contributed by atoms with Crippen LogP contribution in [0.15, 0.2) is 23.7 Å². The Bertz CT molecular complexity index is 495. The highest BCUT2D eigenvalue weighted by Crippen LogP contribution is 2.29. The smallest absolute Gasteiger partial charge is 0.133 e. The van der Waals surface area contributed by atoms with Crippen LogP contribution in [0, 0.1) is 0 Å². The van der Waals surface area contributed by atoms with Gasteiger partial charge in [0, 0.05) is 23.2 Å². The second-order valence-corrected chi connectivity index (χ2v) is 6.99. The number of rotatable bonds is 7. The summed E-state index contributed by atoms with van der Waals surface area (Å²) in [6.07, 6.45) is 3.96. The minimum atomic E-state index is -0.193. The zero-order valence-corrected chi connectivity index (χ0v) is 13.0. The Morgan fingerprint density at radius 1 is 1.47 bits per heavy atom. The van der Waals surface area contributed by atoms with Crippen molar-refractivity contribution in [2.45, 2.75) is 38.8 Å². The standard InChI is InChI=1S/C14H20N2OS2/c1-3-6-14(2,10-17)16-9-11-8-15-13(19-11)12-5-4-7-18-12/h4-5,7-8,16-17H,3,6,9-10H2,1-2H3. The lowest BCUT2D eigenvalue weighted by Crippen LogP contribution is -2.44. The van der Waals surface area contributed by atoms with Gasteiger partial charge in [0.1, 0.15) is 5.01 Å². The second-order valence-electron chi connectivity index (χ2n) is 4.93. The summed E-state index contributed by atoms with van der Waals surface area (Å²) in [4.78, 5) is 6.88. The molecule has 2 rings (SSSR count). The Labute approximate surface area is 122 Å². The molecule has 0 aliphatic heterocycles. The molecule has 0 amide bonds. The molecule has 3 nitrogen and oxygen atoms in total. The van der Waals surface area contributed by atoms with Gasteiger partial charge in [-0.3, -0.25) is 0 Å². The molecule has 0 spiro atoms. The number of aliphatic hydroxyl groups is 1. The lowest BCUT2D eigenvalue weighted by atomic mass is 9.97. The predicted octanol–water partition coefficient (Wildman–Crippen LogP) is 3.51. The first kappa shape index (κ1) is 14.7. The molecular formula is C14H20N2OS2. The summed E-state index contributed by atoms with van der Waals surface area (Å²) in [6.45, 7) is 5.13. The Kier molecular flexibility index (Phi) is 5.10. The number of aliphatic hydroxyl groups excluding tert-OH is 1. The van der Waals surface area contributed by atoms with Crippen LogP contribution in [0.4, 0.5) is 0 Å².